The molecule has 0 bridgehead atoms. The van der Waals surface area contributed by atoms with Gasteiger partial charge in [0.25, 0.3) is 0 Å². The molecule has 1 unspecified atom stereocenters. The fourth-order valence-corrected chi connectivity index (χ4v) is 1.94. The molecular formula is C21H26O2. The predicted molar refractivity (Wildman–Crippen MR) is 96.0 cm³/mol. The van der Waals surface area contributed by atoms with Crippen LogP contribution in [0, 0.1) is 0 Å². The summed E-state index contributed by atoms with van der Waals surface area (Å²) >= 11 is 0. The van der Waals surface area contributed by atoms with Crippen molar-refractivity contribution in [1.29, 1.82) is 0 Å². The fourth-order valence-electron chi connectivity index (χ4n) is 1.94. The van der Waals surface area contributed by atoms with Gasteiger partial charge >= 0.3 is 0 Å². The molecular weight excluding hydrogens is 284 g/mol. The van der Waals surface area contributed by atoms with Gasteiger partial charge in [-0.05, 0) is 18.6 Å². The van der Waals surface area contributed by atoms with Crippen molar-refractivity contribution in [3.63, 3.8) is 0 Å². The summed E-state index contributed by atoms with van der Waals surface area (Å²) < 4.78 is 0. The Morgan fingerprint density at radius 3 is 1.96 bits per heavy atom. The van der Waals surface area contributed by atoms with E-state index in [1.165, 1.54) is 12.8 Å². The van der Waals surface area contributed by atoms with Crippen LogP contribution in [-0.4, -0.2) is 11.6 Å². The molecule has 2 aromatic carbocycles. The molecule has 2 nitrogen and oxygen atoms in total. The van der Waals surface area contributed by atoms with Crippen molar-refractivity contribution in [2.75, 3.05) is 0 Å². The highest BCUT2D eigenvalue weighted by Gasteiger charge is 2.14. The van der Waals surface area contributed by atoms with Gasteiger partial charge in [0.2, 0.25) is 0 Å². The molecule has 2 rings (SSSR count). The van der Waals surface area contributed by atoms with Crippen LogP contribution in [0.5, 0.6) is 0 Å². The highest BCUT2D eigenvalue weighted by Crippen LogP contribution is 2.19. The van der Waals surface area contributed by atoms with E-state index in [1.807, 2.05) is 37.3 Å². The van der Waals surface area contributed by atoms with Gasteiger partial charge in [0.15, 0.2) is 5.78 Å². The minimum absolute atomic E-state index is 0.0156. The van der Waals surface area contributed by atoms with E-state index in [1.54, 1.807) is 31.2 Å². The van der Waals surface area contributed by atoms with Crippen LogP contribution in [0.2, 0.25) is 0 Å². The first-order valence-electron chi connectivity index (χ1n) is 8.21. The average molecular weight is 310 g/mol. The second kappa shape index (κ2) is 9.73. The molecule has 23 heavy (non-hydrogen) atoms. The maximum absolute atomic E-state index is 12.3. The zero-order valence-corrected chi connectivity index (χ0v) is 14.5. The van der Waals surface area contributed by atoms with Crippen LogP contribution >= 0.6 is 0 Å². The Hall–Kier alpha value is -2.22. The van der Waals surface area contributed by atoms with Gasteiger partial charge in [0.1, 0.15) is 5.78 Å². The fraction of sp³-hybridized carbons (Fsp3) is 0.333. The van der Waals surface area contributed by atoms with Crippen molar-refractivity contribution >= 4 is 11.6 Å². The summed E-state index contributed by atoms with van der Waals surface area (Å²) in [5, 5.41) is 0. The lowest BCUT2D eigenvalue weighted by Crippen LogP contribution is -2.07. The first kappa shape index (κ1) is 18.8. The van der Waals surface area contributed by atoms with Gasteiger partial charge in [-0.3, -0.25) is 9.59 Å². The number of rotatable bonds is 5. The minimum Gasteiger partial charge on any atom is -0.299 e. The molecule has 0 heterocycles. The van der Waals surface area contributed by atoms with Gasteiger partial charge in [-0.25, -0.2) is 0 Å². The lowest BCUT2D eigenvalue weighted by molar-refractivity contribution is -0.118. The number of unbranched alkanes of at least 4 members (excludes halogenated alkanes) is 1. The maximum Gasteiger partial charge on any atom is 0.193 e. The van der Waals surface area contributed by atoms with Crippen LogP contribution in [0.25, 0.3) is 0 Å². The smallest absolute Gasteiger partial charge is 0.193 e. The molecule has 0 saturated heterocycles. The Morgan fingerprint density at radius 2 is 1.43 bits per heavy atom. The van der Waals surface area contributed by atoms with E-state index in [-0.39, 0.29) is 17.5 Å². The van der Waals surface area contributed by atoms with Crippen molar-refractivity contribution in [3.05, 3.63) is 71.3 Å². The van der Waals surface area contributed by atoms with Crippen LogP contribution in [0.1, 0.15) is 67.9 Å². The Bertz CT molecular complexity index is 627. The Kier molecular flexibility index (Phi) is 7.96. The monoisotopic (exact) mass is 310 g/mol. The van der Waals surface area contributed by atoms with Gasteiger partial charge in [-0.1, -0.05) is 82.1 Å². The molecule has 0 N–H and O–H groups in total. The van der Waals surface area contributed by atoms with Crippen molar-refractivity contribution in [2.24, 2.45) is 0 Å². The van der Waals surface area contributed by atoms with Gasteiger partial charge in [-0.15, -0.1) is 0 Å². The van der Waals surface area contributed by atoms with E-state index in [9.17, 15) is 9.59 Å². The third-order valence-electron chi connectivity index (χ3n) is 3.79. The quantitative estimate of drug-likeness (QED) is 0.691. The Balaban J connectivity index is 0.000000593. The van der Waals surface area contributed by atoms with Crippen molar-refractivity contribution < 1.29 is 9.59 Å². The first-order valence-corrected chi connectivity index (χ1v) is 8.21. The minimum atomic E-state index is -0.177. The summed E-state index contributed by atoms with van der Waals surface area (Å²) in [6.07, 6.45) is 2.64. The molecule has 0 aliphatic heterocycles. The second-order valence-electron chi connectivity index (χ2n) is 5.65. The van der Waals surface area contributed by atoms with Crippen LogP contribution in [0.4, 0.5) is 0 Å². The molecule has 122 valence electrons. The molecule has 0 aliphatic carbocycles. The first-order chi connectivity index (χ1) is 11.0. The summed E-state index contributed by atoms with van der Waals surface area (Å²) in [5.74, 6) is -0.0916. The second-order valence-corrected chi connectivity index (χ2v) is 5.65. The van der Waals surface area contributed by atoms with Crippen LogP contribution in [-0.2, 0) is 4.79 Å². The highest BCUT2D eigenvalue weighted by molar-refractivity contribution is 6.09. The number of hydrogen-bond acceptors (Lipinski definition) is 2. The topological polar surface area (TPSA) is 34.1 Å². The predicted octanol–water partition coefficient (Wildman–Crippen LogP) is 5.42. The summed E-state index contributed by atoms with van der Waals surface area (Å²) in [7, 11) is 0. The molecule has 0 radical (unpaired) electrons. The Labute approximate surface area is 139 Å². The standard InChI is InChI=1S/C17H16O2.C4H10/c1-12(13(2)18)15-9-6-10-16(11-15)17(19)14-7-4-3-5-8-14;1-3-4-2/h3-12H,1-2H3;3-4H2,1-2H3. The molecule has 0 spiro atoms. The lowest BCUT2D eigenvalue weighted by atomic mass is 9.94. The summed E-state index contributed by atoms with van der Waals surface area (Å²) in [6, 6.07) is 16.5. The number of hydrogen-bond donors (Lipinski definition) is 0. The van der Waals surface area contributed by atoms with Crippen LogP contribution in [0.3, 0.4) is 0 Å². The number of benzene rings is 2. The molecule has 0 fully saturated rings. The third kappa shape index (κ3) is 5.82. The largest absolute Gasteiger partial charge is 0.299 e. The van der Waals surface area contributed by atoms with E-state index >= 15 is 0 Å². The van der Waals surface area contributed by atoms with E-state index in [2.05, 4.69) is 13.8 Å². The van der Waals surface area contributed by atoms with Gasteiger partial charge in [-0.2, -0.15) is 0 Å². The molecule has 1 atom stereocenters. The molecule has 2 heteroatoms. The van der Waals surface area contributed by atoms with Crippen molar-refractivity contribution in [3.8, 4) is 0 Å². The van der Waals surface area contributed by atoms with Gasteiger partial charge in [0, 0.05) is 17.0 Å². The molecule has 0 amide bonds. The van der Waals surface area contributed by atoms with E-state index in [0.717, 1.165) is 5.56 Å². The molecule has 0 saturated carbocycles. The zero-order valence-electron chi connectivity index (χ0n) is 14.5. The lowest BCUT2D eigenvalue weighted by Gasteiger charge is -2.09. The van der Waals surface area contributed by atoms with Gasteiger partial charge < -0.3 is 0 Å². The Morgan fingerprint density at radius 1 is 0.870 bits per heavy atom. The molecule has 2 aromatic rings. The maximum atomic E-state index is 12.3. The van der Waals surface area contributed by atoms with E-state index < -0.39 is 0 Å². The summed E-state index contributed by atoms with van der Waals surface area (Å²) in [6.45, 7) is 7.78. The summed E-state index contributed by atoms with van der Waals surface area (Å²) in [4.78, 5) is 23.7. The van der Waals surface area contributed by atoms with E-state index in [4.69, 9.17) is 0 Å². The summed E-state index contributed by atoms with van der Waals surface area (Å²) in [5.41, 5.74) is 2.17. The van der Waals surface area contributed by atoms with Gasteiger partial charge in [0.05, 0.1) is 0 Å². The van der Waals surface area contributed by atoms with Crippen molar-refractivity contribution in [1.82, 2.24) is 0 Å². The number of ketones is 2. The highest BCUT2D eigenvalue weighted by atomic mass is 16.1. The van der Waals surface area contributed by atoms with E-state index in [0.29, 0.717) is 11.1 Å². The average Bonchev–Trinajstić information content (AvgIpc) is 2.61. The van der Waals surface area contributed by atoms with Crippen LogP contribution < -0.4 is 0 Å². The molecule has 0 aromatic heterocycles. The zero-order chi connectivity index (χ0) is 17.2. The number of carbonyl (C=O) groups excluding carboxylic acids is 2. The van der Waals surface area contributed by atoms with Crippen LogP contribution in [0.15, 0.2) is 54.6 Å². The van der Waals surface area contributed by atoms with Crippen molar-refractivity contribution in [2.45, 2.75) is 46.5 Å². The SMILES string of the molecule is CC(=O)C(C)c1cccc(C(=O)c2ccccc2)c1.CCCC. The number of Topliss-reactive ketones (excluding diaryl/α,β-unsaturated/α-hetero) is 1. The molecule has 0 aliphatic rings. The number of carbonyl (C=O) groups is 2. The third-order valence-corrected chi connectivity index (χ3v) is 3.79. The normalized spacial score (nSPS) is 11.1.